The van der Waals surface area contributed by atoms with Crippen LogP contribution in [0.5, 0.6) is 0 Å². The lowest BCUT2D eigenvalue weighted by atomic mass is 10.1. The molecule has 0 fully saturated rings. The van der Waals surface area contributed by atoms with Gasteiger partial charge in [-0.05, 0) is 38.1 Å². The van der Waals surface area contributed by atoms with E-state index < -0.39 is 23.8 Å². The lowest BCUT2D eigenvalue weighted by Crippen LogP contribution is -2.39. The third-order valence-electron chi connectivity index (χ3n) is 2.42. The zero-order chi connectivity index (χ0) is 14.4. The lowest BCUT2D eigenvalue weighted by Gasteiger charge is -2.12. The Balaban J connectivity index is 2.68. The van der Waals surface area contributed by atoms with Crippen LogP contribution in [-0.4, -0.2) is 30.4 Å². The molecule has 0 spiro atoms. The van der Waals surface area contributed by atoms with Crippen molar-refractivity contribution in [1.82, 2.24) is 5.32 Å². The molecule has 3 N–H and O–H groups in total. The molecule has 0 saturated carbocycles. The van der Waals surface area contributed by atoms with Crippen molar-refractivity contribution >= 4 is 17.8 Å². The van der Waals surface area contributed by atoms with E-state index in [-0.39, 0.29) is 6.61 Å². The molecule has 0 saturated heterocycles. The Labute approximate surface area is 110 Å². The second kappa shape index (κ2) is 6.53. The molecule has 6 heteroatoms. The normalized spacial score (nSPS) is 11.5. The van der Waals surface area contributed by atoms with Gasteiger partial charge in [0.05, 0.1) is 6.61 Å². The van der Waals surface area contributed by atoms with Gasteiger partial charge in [-0.25, -0.2) is 4.79 Å². The van der Waals surface area contributed by atoms with E-state index in [2.05, 4.69) is 5.32 Å². The van der Waals surface area contributed by atoms with E-state index in [9.17, 15) is 14.4 Å². The number of hydrogen-bond donors (Lipinski definition) is 2. The summed E-state index contributed by atoms with van der Waals surface area (Å²) in [6, 6.07) is 5.10. The molecule has 1 atom stereocenters. The van der Waals surface area contributed by atoms with Crippen LogP contribution in [0, 0.1) is 0 Å². The molecule has 0 aliphatic carbocycles. The summed E-state index contributed by atoms with van der Waals surface area (Å²) in [5.74, 6) is -1.48. The Kier molecular flexibility index (Phi) is 5.05. The third-order valence-corrected chi connectivity index (χ3v) is 2.42. The maximum Gasteiger partial charge on any atom is 0.328 e. The van der Waals surface area contributed by atoms with Crippen molar-refractivity contribution in [2.24, 2.45) is 5.73 Å². The van der Waals surface area contributed by atoms with Gasteiger partial charge in [0, 0.05) is 11.1 Å². The molecule has 1 aromatic carbocycles. The van der Waals surface area contributed by atoms with Gasteiger partial charge in [-0.2, -0.15) is 0 Å². The number of nitrogens with one attached hydrogen (secondary N) is 1. The van der Waals surface area contributed by atoms with E-state index >= 15 is 0 Å². The fourth-order valence-corrected chi connectivity index (χ4v) is 1.39. The second-order valence-corrected chi connectivity index (χ2v) is 3.89. The molecular formula is C13H16N2O4. The topological polar surface area (TPSA) is 98.5 Å². The van der Waals surface area contributed by atoms with Gasteiger partial charge in [0.25, 0.3) is 5.91 Å². The van der Waals surface area contributed by atoms with Crippen LogP contribution in [0.3, 0.4) is 0 Å². The number of carbonyl (C=O) groups is 3. The molecule has 102 valence electrons. The number of benzene rings is 1. The number of hydrogen-bond acceptors (Lipinski definition) is 4. The van der Waals surface area contributed by atoms with E-state index in [1.807, 2.05) is 0 Å². The highest BCUT2D eigenvalue weighted by atomic mass is 16.5. The zero-order valence-corrected chi connectivity index (χ0v) is 10.8. The fourth-order valence-electron chi connectivity index (χ4n) is 1.39. The number of carbonyl (C=O) groups excluding carboxylic acids is 3. The van der Waals surface area contributed by atoms with Crippen LogP contribution < -0.4 is 11.1 Å². The van der Waals surface area contributed by atoms with Crippen molar-refractivity contribution < 1.29 is 19.1 Å². The van der Waals surface area contributed by atoms with Gasteiger partial charge in [0.15, 0.2) is 0 Å². The smallest absolute Gasteiger partial charge is 0.328 e. The van der Waals surface area contributed by atoms with Crippen molar-refractivity contribution in [2.75, 3.05) is 6.61 Å². The van der Waals surface area contributed by atoms with Crippen molar-refractivity contribution in [3.05, 3.63) is 35.4 Å². The molecule has 1 aromatic rings. The quantitative estimate of drug-likeness (QED) is 0.755. The highest BCUT2D eigenvalue weighted by Gasteiger charge is 2.17. The summed E-state index contributed by atoms with van der Waals surface area (Å²) in [7, 11) is 0. The van der Waals surface area contributed by atoms with Crippen molar-refractivity contribution in [1.29, 1.82) is 0 Å². The molecule has 6 nitrogen and oxygen atoms in total. The summed E-state index contributed by atoms with van der Waals surface area (Å²) in [6.07, 6.45) is 0. The summed E-state index contributed by atoms with van der Waals surface area (Å²) in [4.78, 5) is 34.0. The first-order chi connectivity index (χ1) is 8.95. The Morgan fingerprint density at radius 1 is 1.21 bits per heavy atom. The van der Waals surface area contributed by atoms with Crippen LogP contribution in [0.1, 0.15) is 34.6 Å². The minimum atomic E-state index is -0.733. The average molecular weight is 264 g/mol. The average Bonchev–Trinajstić information content (AvgIpc) is 2.38. The van der Waals surface area contributed by atoms with Crippen LogP contribution in [-0.2, 0) is 9.53 Å². The Morgan fingerprint density at radius 3 is 2.21 bits per heavy atom. The van der Waals surface area contributed by atoms with Crippen LogP contribution in [0.25, 0.3) is 0 Å². The first-order valence-corrected chi connectivity index (χ1v) is 5.83. The van der Waals surface area contributed by atoms with E-state index in [4.69, 9.17) is 10.5 Å². The van der Waals surface area contributed by atoms with Gasteiger partial charge in [-0.3, -0.25) is 9.59 Å². The van der Waals surface area contributed by atoms with Crippen molar-refractivity contribution in [3.8, 4) is 0 Å². The number of primary amides is 1. The highest BCUT2D eigenvalue weighted by Crippen LogP contribution is 2.04. The summed E-state index contributed by atoms with van der Waals surface area (Å²) in [5.41, 5.74) is 5.74. The van der Waals surface area contributed by atoms with Gasteiger partial charge in [-0.15, -0.1) is 0 Å². The number of ether oxygens (including phenoxy) is 1. The summed E-state index contributed by atoms with van der Waals surface area (Å²) < 4.78 is 4.78. The fraction of sp³-hybridized carbons (Fsp3) is 0.308. The minimum absolute atomic E-state index is 0.256. The van der Waals surface area contributed by atoms with Gasteiger partial charge in [-0.1, -0.05) is 0 Å². The number of amides is 2. The maximum absolute atomic E-state index is 11.8. The summed E-state index contributed by atoms with van der Waals surface area (Å²) >= 11 is 0. The van der Waals surface area contributed by atoms with E-state index in [1.165, 1.54) is 31.2 Å². The number of nitrogens with two attached hydrogens (primary N) is 1. The summed E-state index contributed by atoms with van der Waals surface area (Å²) in [6.45, 7) is 3.48. The second-order valence-electron chi connectivity index (χ2n) is 3.89. The molecule has 0 radical (unpaired) electrons. The highest BCUT2D eigenvalue weighted by molar-refractivity contribution is 5.98. The van der Waals surface area contributed by atoms with E-state index in [1.54, 1.807) is 6.92 Å². The first kappa shape index (κ1) is 14.7. The molecule has 0 heterocycles. The molecule has 1 rings (SSSR count). The maximum atomic E-state index is 11.8. The first-order valence-electron chi connectivity index (χ1n) is 5.83. The van der Waals surface area contributed by atoms with Gasteiger partial charge in [0.1, 0.15) is 6.04 Å². The molecule has 0 aliphatic heterocycles. The predicted molar refractivity (Wildman–Crippen MR) is 68.5 cm³/mol. The van der Waals surface area contributed by atoms with E-state index in [0.717, 1.165) is 0 Å². The Bertz CT molecular complexity index is 482. The molecule has 19 heavy (non-hydrogen) atoms. The Hall–Kier alpha value is -2.37. The minimum Gasteiger partial charge on any atom is -0.464 e. The van der Waals surface area contributed by atoms with Gasteiger partial charge in [0.2, 0.25) is 5.91 Å². The third kappa shape index (κ3) is 4.09. The van der Waals surface area contributed by atoms with Crippen molar-refractivity contribution in [3.63, 3.8) is 0 Å². The predicted octanol–water partition coefficient (Wildman–Crippen LogP) is 0.467. The molecular weight excluding hydrogens is 248 g/mol. The standard InChI is InChI=1S/C13H16N2O4/c1-3-19-13(18)8(2)15-12(17)10-6-4-9(5-7-10)11(14)16/h4-8H,3H2,1-2H3,(H2,14,16)(H,15,17). The van der Waals surface area contributed by atoms with Crippen LogP contribution in [0.2, 0.25) is 0 Å². The molecule has 0 bridgehead atoms. The number of rotatable bonds is 5. The number of esters is 1. The van der Waals surface area contributed by atoms with Gasteiger partial charge >= 0.3 is 5.97 Å². The van der Waals surface area contributed by atoms with Gasteiger partial charge < -0.3 is 15.8 Å². The largest absolute Gasteiger partial charge is 0.464 e. The lowest BCUT2D eigenvalue weighted by molar-refractivity contribution is -0.144. The van der Waals surface area contributed by atoms with E-state index in [0.29, 0.717) is 11.1 Å². The van der Waals surface area contributed by atoms with Crippen LogP contribution >= 0.6 is 0 Å². The van der Waals surface area contributed by atoms with Crippen LogP contribution in [0.15, 0.2) is 24.3 Å². The Morgan fingerprint density at radius 2 is 1.74 bits per heavy atom. The molecule has 1 unspecified atom stereocenters. The SMILES string of the molecule is CCOC(=O)C(C)NC(=O)c1ccc(C(N)=O)cc1. The molecule has 0 aromatic heterocycles. The molecule has 0 aliphatic rings. The van der Waals surface area contributed by atoms with Crippen LogP contribution in [0.4, 0.5) is 0 Å². The zero-order valence-electron chi connectivity index (χ0n) is 10.8. The summed E-state index contributed by atoms with van der Waals surface area (Å²) in [5, 5.41) is 2.50. The van der Waals surface area contributed by atoms with Crippen molar-refractivity contribution in [2.45, 2.75) is 19.9 Å². The molecule has 2 amide bonds. The monoisotopic (exact) mass is 264 g/mol.